The van der Waals surface area contributed by atoms with Crippen LogP contribution in [-0.2, 0) is 24.3 Å². The van der Waals surface area contributed by atoms with E-state index < -0.39 is 0 Å². The van der Waals surface area contributed by atoms with Crippen molar-refractivity contribution in [2.45, 2.75) is 32.5 Å². The third kappa shape index (κ3) is 2.99. The van der Waals surface area contributed by atoms with Gasteiger partial charge in [0.25, 0.3) is 0 Å². The number of thiazole rings is 1. The fourth-order valence-corrected chi connectivity index (χ4v) is 3.50. The molecular formula is C16H19N3OS. The number of nitrogens with one attached hydrogen (secondary N) is 1. The zero-order valence-electron chi connectivity index (χ0n) is 12.3. The maximum absolute atomic E-state index is 12.6. The molecule has 2 aromatic rings. The Balaban J connectivity index is 1.67. The summed E-state index contributed by atoms with van der Waals surface area (Å²) < 4.78 is 0. The highest BCUT2D eigenvalue weighted by Crippen LogP contribution is 2.19. The van der Waals surface area contributed by atoms with E-state index in [0.717, 1.165) is 23.5 Å². The second kappa shape index (κ2) is 5.95. The number of aryl methyl sites for hydroxylation is 1. The molecular weight excluding hydrogens is 282 g/mol. The van der Waals surface area contributed by atoms with Crippen molar-refractivity contribution in [2.24, 2.45) is 0 Å². The molecule has 3 rings (SSSR count). The van der Waals surface area contributed by atoms with Crippen LogP contribution >= 0.6 is 11.3 Å². The highest BCUT2D eigenvalue weighted by atomic mass is 32.1. The average molecular weight is 301 g/mol. The maximum atomic E-state index is 12.6. The number of rotatable bonds is 3. The number of likely N-dealkylation sites (N-methyl/N-ethyl adjacent to an activating group) is 1. The first-order valence-electron chi connectivity index (χ1n) is 7.09. The van der Waals surface area contributed by atoms with Crippen LogP contribution in [0.1, 0.15) is 21.7 Å². The van der Waals surface area contributed by atoms with Crippen molar-refractivity contribution in [3.63, 3.8) is 0 Å². The molecule has 1 aliphatic heterocycles. The van der Waals surface area contributed by atoms with Gasteiger partial charge in [0, 0.05) is 18.5 Å². The molecule has 0 fully saturated rings. The second-order valence-corrected chi connectivity index (χ2v) is 6.40. The Morgan fingerprint density at radius 2 is 2.19 bits per heavy atom. The van der Waals surface area contributed by atoms with E-state index in [9.17, 15) is 4.79 Å². The molecule has 110 valence electrons. The van der Waals surface area contributed by atoms with Gasteiger partial charge in [-0.1, -0.05) is 24.3 Å². The van der Waals surface area contributed by atoms with Gasteiger partial charge in [-0.25, -0.2) is 4.98 Å². The van der Waals surface area contributed by atoms with Crippen LogP contribution < -0.4 is 5.32 Å². The number of carbonyl (C=O) groups is 1. The van der Waals surface area contributed by atoms with Crippen molar-refractivity contribution >= 4 is 17.2 Å². The number of benzene rings is 1. The second-order valence-electron chi connectivity index (χ2n) is 5.46. The van der Waals surface area contributed by atoms with Crippen LogP contribution in [-0.4, -0.2) is 28.9 Å². The summed E-state index contributed by atoms with van der Waals surface area (Å²) in [5.74, 6) is 0.150. The molecule has 1 N–H and O–H groups in total. The summed E-state index contributed by atoms with van der Waals surface area (Å²) in [6.07, 6.45) is 0.765. The van der Waals surface area contributed by atoms with Crippen molar-refractivity contribution in [3.8, 4) is 0 Å². The van der Waals surface area contributed by atoms with Crippen molar-refractivity contribution in [3.05, 3.63) is 51.5 Å². The van der Waals surface area contributed by atoms with Gasteiger partial charge in [0.05, 0.1) is 23.8 Å². The van der Waals surface area contributed by atoms with E-state index in [2.05, 4.69) is 22.4 Å². The van der Waals surface area contributed by atoms with Crippen LogP contribution in [0.3, 0.4) is 0 Å². The molecule has 4 nitrogen and oxygen atoms in total. The molecule has 0 spiro atoms. The van der Waals surface area contributed by atoms with E-state index in [4.69, 9.17) is 0 Å². The van der Waals surface area contributed by atoms with Gasteiger partial charge >= 0.3 is 0 Å². The Kier molecular flexibility index (Phi) is 4.03. The number of carbonyl (C=O) groups excluding carboxylic acids is 1. The smallest absolute Gasteiger partial charge is 0.240 e. The van der Waals surface area contributed by atoms with Crippen LogP contribution in [0.4, 0.5) is 0 Å². The van der Waals surface area contributed by atoms with E-state index in [1.165, 1.54) is 11.1 Å². The first kappa shape index (κ1) is 14.2. The quantitative estimate of drug-likeness (QED) is 0.944. The predicted octanol–water partition coefficient (Wildman–Crippen LogP) is 2.12. The average Bonchev–Trinajstić information content (AvgIpc) is 2.91. The molecule has 0 radical (unpaired) electrons. The van der Waals surface area contributed by atoms with Gasteiger partial charge in [-0.2, -0.15) is 0 Å². The normalized spacial score (nSPS) is 17.3. The molecule has 21 heavy (non-hydrogen) atoms. The molecule has 5 heteroatoms. The third-order valence-electron chi connectivity index (χ3n) is 3.98. The van der Waals surface area contributed by atoms with Crippen molar-refractivity contribution in [1.29, 1.82) is 0 Å². The molecule has 0 saturated carbocycles. The van der Waals surface area contributed by atoms with E-state index in [0.29, 0.717) is 6.54 Å². The minimum absolute atomic E-state index is 0.127. The zero-order chi connectivity index (χ0) is 14.8. The summed E-state index contributed by atoms with van der Waals surface area (Å²) in [5.41, 5.74) is 5.42. The number of fused-ring (bicyclic) bond motifs is 1. The van der Waals surface area contributed by atoms with Gasteiger partial charge in [-0.05, 0) is 24.5 Å². The molecule has 1 atom stereocenters. The highest BCUT2D eigenvalue weighted by molar-refractivity contribution is 7.09. The minimum atomic E-state index is -0.127. The zero-order valence-corrected chi connectivity index (χ0v) is 13.1. The van der Waals surface area contributed by atoms with Gasteiger partial charge in [-0.3, -0.25) is 4.79 Å². The lowest BCUT2D eigenvalue weighted by Crippen LogP contribution is -2.48. The number of amides is 1. The largest absolute Gasteiger partial charge is 0.339 e. The van der Waals surface area contributed by atoms with Crippen molar-refractivity contribution < 1.29 is 4.79 Å². The highest BCUT2D eigenvalue weighted by Gasteiger charge is 2.26. The molecule has 2 heterocycles. The summed E-state index contributed by atoms with van der Waals surface area (Å²) in [5, 5.41) is 3.35. The van der Waals surface area contributed by atoms with Crippen molar-refractivity contribution in [2.75, 3.05) is 7.05 Å². The van der Waals surface area contributed by atoms with Crippen LogP contribution in [0.25, 0.3) is 0 Å². The summed E-state index contributed by atoms with van der Waals surface area (Å²) in [6, 6.07) is 8.19. The molecule has 1 aliphatic rings. The predicted molar refractivity (Wildman–Crippen MR) is 84.1 cm³/mol. The Labute approximate surface area is 128 Å². The first-order valence-corrected chi connectivity index (χ1v) is 7.97. The minimum Gasteiger partial charge on any atom is -0.339 e. The van der Waals surface area contributed by atoms with Crippen LogP contribution in [0.15, 0.2) is 29.8 Å². The van der Waals surface area contributed by atoms with Gasteiger partial charge in [0.2, 0.25) is 5.91 Å². The monoisotopic (exact) mass is 301 g/mol. The molecule has 0 saturated heterocycles. The molecule has 1 amide bonds. The maximum Gasteiger partial charge on any atom is 0.240 e. The topological polar surface area (TPSA) is 45.2 Å². The Morgan fingerprint density at radius 3 is 2.90 bits per heavy atom. The summed E-state index contributed by atoms with van der Waals surface area (Å²) >= 11 is 1.61. The van der Waals surface area contributed by atoms with Gasteiger partial charge < -0.3 is 10.2 Å². The molecule has 1 aromatic carbocycles. The van der Waals surface area contributed by atoms with Crippen LogP contribution in [0.2, 0.25) is 0 Å². The fourth-order valence-electron chi connectivity index (χ4n) is 2.67. The Morgan fingerprint density at radius 1 is 1.43 bits per heavy atom. The number of aromatic nitrogens is 1. The number of nitrogens with zero attached hydrogens (tertiary/aromatic N) is 2. The Bertz CT molecular complexity index is 652. The molecule has 1 aromatic heterocycles. The summed E-state index contributed by atoms with van der Waals surface area (Å²) in [7, 11) is 1.86. The first-order chi connectivity index (χ1) is 10.1. The molecule has 0 aliphatic carbocycles. The molecule has 0 bridgehead atoms. The Hall–Kier alpha value is -1.72. The number of hydrogen-bond acceptors (Lipinski definition) is 4. The van der Waals surface area contributed by atoms with E-state index in [1.54, 1.807) is 16.2 Å². The lowest BCUT2D eigenvalue weighted by atomic mass is 9.95. The lowest BCUT2D eigenvalue weighted by Gasteiger charge is -2.29. The van der Waals surface area contributed by atoms with Crippen LogP contribution in [0, 0.1) is 6.92 Å². The summed E-state index contributed by atoms with van der Waals surface area (Å²) in [6.45, 7) is 3.38. The van der Waals surface area contributed by atoms with Crippen LogP contribution in [0.5, 0.6) is 0 Å². The lowest BCUT2D eigenvalue weighted by molar-refractivity contribution is -0.132. The van der Waals surface area contributed by atoms with Crippen molar-refractivity contribution in [1.82, 2.24) is 15.2 Å². The van der Waals surface area contributed by atoms with E-state index >= 15 is 0 Å². The van der Waals surface area contributed by atoms with E-state index in [1.807, 2.05) is 31.6 Å². The van der Waals surface area contributed by atoms with Gasteiger partial charge in [0.1, 0.15) is 0 Å². The number of hydrogen-bond donors (Lipinski definition) is 1. The van der Waals surface area contributed by atoms with Gasteiger partial charge in [0.15, 0.2) is 0 Å². The third-order valence-corrected chi connectivity index (χ3v) is 4.90. The van der Waals surface area contributed by atoms with E-state index in [-0.39, 0.29) is 11.9 Å². The summed E-state index contributed by atoms with van der Waals surface area (Å²) in [4.78, 5) is 19.8. The SMILES string of the molecule is Cc1ncsc1CN(C)C(=O)C1Cc2ccccc2CN1. The molecule has 1 unspecified atom stereocenters. The van der Waals surface area contributed by atoms with Gasteiger partial charge in [-0.15, -0.1) is 11.3 Å². The fraction of sp³-hybridized carbons (Fsp3) is 0.375. The standard InChI is InChI=1S/C16H19N3OS/c1-11-15(21-10-18-11)9-19(2)16(20)14-7-12-5-3-4-6-13(12)8-17-14/h3-6,10,14,17H,7-9H2,1-2H3.